The summed E-state index contributed by atoms with van der Waals surface area (Å²) < 4.78 is 25.4. The maximum atomic E-state index is 13.0. The van der Waals surface area contributed by atoms with Crippen molar-refractivity contribution in [2.24, 2.45) is 0 Å². The van der Waals surface area contributed by atoms with Crippen molar-refractivity contribution in [1.29, 1.82) is 0 Å². The van der Waals surface area contributed by atoms with Gasteiger partial charge >= 0.3 is 0 Å². The zero-order chi connectivity index (χ0) is 23.1. The van der Waals surface area contributed by atoms with Gasteiger partial charge in [0.15, 0.2) is 9.84 Å². The summed E-state index contributed by atoms with van der Waals surface area (Å²) in [5.74, 6) is -0.339. The largest absolute Gasteiger partial charge is 0.388 e. The Hall–Kier alpha value is -3.38. The van der Waals surface area contributed by atoms with Crippen LogP contribution in [0.3, 0.4) is 0 Å². The summed E-state index contributed by atoms with van der Waals surface area (Å²) in [5.41, 5.74) is 3.22. The van der Waals surface area contributed by atoms with Crippen LogP contribution < -0.4 is 10.6 Å². The van der Waals surface area contributed by atoms with Crippen LogP contribution in [0, 0.1) is 0 Å². The molecule has 3 aromatic rings. The first kappa shape index (κ1) is 22.8. The van der Waals surface area contributed by atoms with Gasteiger partial charge in [-0.05, 0) is 67.3 Å². The summed E-state index contributed by atoms with van der Waals surface area (Å²) in [6.07, 6.45) is 7.18. The maximum absolute atomic E-state index is 13.0. The van der Waals surface area contributed by atoms with Gasteiger partial charge in [0.1, 0.15) is 0 Å². The Bertz CT molecular complexity index is 1230. The van der Waals surface area contributed by atoms with Crippen molar-refractivity contribution in [2.45, 2.75) is 36.6 Å². The van der Waals surface area contributed by atoms with Crippen molar-refractivity contribution in [2.75, 3.05) is 11.1 Å². The molecule has 170 valence electrons. The molecular formula is C27H28N2O3S. The zero-order valence-corrected chi connectivity index (χ0v) is 19.2. The van der Waals surface area contributed by atoms with E-state index in [2.05, 4.69) is 22.8 Å². The Balaban J connectivity index is 1.43. The van der Waals surface area contributed by atoms with Crippen molar-refractivity contribution < 1.29 is 13.2 Å². The summed E-state index contributed by atoms with van der Waals surface area (Å²) in [5, 5.41) is 6.03. The number of rotatable bonds is 10. The van der Waals surface area contributed by atoms with E-state index in [0.717, 1.165) is 31.2 Å². The number of hydrogen-bond donors (Lipinski definition) is 2. The van der Waals surface area contributed by atoms with Gasteiger partial charge in [0.05, 0.1) is 10.6 Å². The van der Waals surface area contributed by atoms with Gasteiger partial charge < -0.3 is 10.6 Å². The highest BCUT2D eigenvalue weighted by Crippen LogP contribution is 2.20. The fraction of sp³-hybridized carbons (Fsp3) is 0.222. The monoisotopic (exact) mass is 460 g/mol. The molecule has 0 aliphatic heterocycles. The molecule has 1 aliphatic rings. The van der Waals surface area contributed by atoms with Crippen molar-refractivity contribution in [3.8, 4) is 0 Å². The van der Waals surface area contributed by atoms with Gasteiger partial charge in [-0.15, -0.1) is 0 Å². The molecule has 5 nitrogen and oxygen atoms in total. The number of benzene rings is 3. The normalized spacial score (nSPS) is 13.7. The molecule has 0 atom stereocenters. The highest BCUT2D eigenvalue weighted by atomic mass is 32.2. The maximum Gasteiger partial charge on any atom is 0.255 e. The number of aryl methyl sites for hydroxylation is 2. The molecule has 0 unspecified atom stereocenters. The number of carbonyl (C=O) groups is 1. The second kappa shape index (κ2) is 10.5. The lowest BCUT2D eigenvalue weighted by Gasteiger charge is -2.11. The highest BCUT2D eigenvalue weighted by molar-refractivity contribution is 7.91. The topological polar surface area (TPSA) is 75.3 Å². The van der Waals surface area contributed by atoms with Crippen LogP contribution in [0.5, 0.6) is 0 Å². The van der Waals surface area contributed by atoms with E-state index < -0.39 is 9.84 Å². The van der Waals surface area contributed by atoms with E-state index in [1.54, 1.807) is 36.5 Å². The van der Waals surface area contributed by atoms with Gasteiger partial charge in [0.25, 0.3) is 5.91 Å². The number of sulfone groups is 1. The minimum Gasteiger partial charge on any atom is -0.388 e. The molecule has 3 aromatic carbocycles. The third-order valence-corrected chi connectivity index (χ3v) is 7.19. The minimum atomic E-state index is -3.49. The molecule has 1 aliphatic carbocycles. The predicted molar refractivity (Wildman–Crippen MR) is 132 cm³/mol. The van der Waals surface area contributed by atoms with E-state index in [1.807, 2.05) is 36.4 Å². The van der Waals surface area contributed by atoms with Crippen molar-refractivity contribution in [3.05, 3.63) is 108 Å². The van der Waals surface area contributed by atoms with Crippen molar-refractivity contribution in [3.63, 3.8) is 0 Å². The lowest BCUT2D eigenvalue weighted by Crippen LogP contribution is -2.15. The molecule has 4 rings (SSSR count). The fourth-order valence-corrected chi connectivity index (χ4v) is 4.71. The van der Waals surface area contributed by atoms with Crippen molar-refractivity contribution >= 4 is 21.4 Å². The Morgan fingerprint density at radius 3 is 2.45 bits per heavy atom. The molecule has 2 N–H and O–H groups in total. The van der Waals surface area contributed by atoms with Crippen LogP contribution in [0.1, 0.15) is 34.3 Å². The molecule has 1 saturated carbocycles. The Morgan fingerprint density at radius 1 is 0.909 bits per heavy atom. The van der Waals surface area contributed by atoms with Crippen LogP contribution in [0.15, 0.2) is 96.0 Å². The van der Waals surface area contributed by atoms with Crippen LogP contribution in [0.4, 0.5) is 5.69 Å². The molecule has 0 spiro atoms. The van der Waals surface area contributed by atoms with Gasteiger partial charge in [-0.1, -0.05) is 60.7 Å². The third-order valence-electron chi connectivity index (χ3n) is 5.58. The van der Waals surface area contributed by atoms with Crippen LogP contribution in [0.25, 0.3) is 0 Å². The summed E-state index contributed by atoms with van der Waals surface area (Å²) in [6, 6.07) is 24.6. The van der Waals surface area contributed by atoms with Crippen LogP contribution in [-0.4, -0.2) is 26.1 Å². The van der Waals surface area contributed by atoms with E-state index in [0.29, 0.717) is 17.3 Å². The number of carbonyl (C=O) groups excluding carboxylic acids is 1. The SMILES string of the molecule is O=C(Nc1cccc(S(=O)(=O)CC=CNC2CC2)c1)c1ccccc1CCc1ccccc1. The Kier molecular flexibility index (Phi) is 7.25. The van der Waals surface area contributed by atoms with Gasteiger partial charge in [-0.3, -0.25) is 4.79 Å². The Morgan fingerprint density at radius 2 is 1.67 bits per heavy atom. The summed E-state index contributed by atoms with van der Waals surface area (Å²) in [6.45, 7) is 0. The standard InChI is InChI=1S/C27H28N2O3S/c30-27(26-13-5-4-10-22(26)15-14-21-8-2-1-3-9-21)29-24-11-6-12-25(20-24)33(31,32)19-7-18-28-23-16-17-23/h1-13,18,20,23,28H,14-17,19H2,(H,29,30). The van der Waals surface area contributed by atoms with Crippen molar-refractivity contribution in [1.82, 2.24) is 5.32 Å². The average molecular weight is 461 g/mol. The summed E-state index contributed by atoms with van der Waals surface area (Å²) in [7, 11) is -3.49. The quantitative estimate of drug-likeness (QED) is 0.457. The first-order valence-corrected chi connectivity index (χ1v) is 12.8. The summed E-state index contributed by atoms with van der Waals surface area (Å²) >= 11 is 0. The van der Waals surface area contributed by atoms with E-state index in [9.17, 15) is 13.2 Å². The number of hydrogen-bond acceptors (Lipinski definition) is 4. The van der Waals surface area contributed by atoms with Crippen LogP contribution in [-0.2, 0) is 22.7 Å². The molecule has 1 fully saturated rings. The second-order valence-corrected chi connectivity index (χ2v) is 10.3. The van der Waals surface area contributed by atoms with E-state index >= 15 is 0 Å². The first-order chi connectivity index (χ1) is 16.0. The molecule has 0 heterocycles. The predicted octanol–water partition coefficient (Wildman–Crippen LogP) is 4.76. The number of anilines is 1. The van der Waals surface area contributed by atoms with Gasteiger partial charge in [-0.25, -0.2) is 8.42 Å². The van der Waals surface area contributed by atoms with Gasteiger partial charge in [-0.2, -0.15) is 0 Å². The molecule has 0 saturated heterocycles. The molecule has 33 heavy (non-hydrogen) atoms. The molecule has 0 aromatic heterocycles. The highest BCUT2D eigenvalue weighted by Gasteiger charge is 2.19. The first-order valence-electron chi connectivity index (χ1n) is 11.2. The third kappa shape index (κ3) is 6.56. The van der Waals surface area contributed by atoms with Crippen LogP contribution in [0.2, 0.25) is 0 Å². The minimum absolute atomic E-state index is 0.0908. The fourth-order valence-electron chi connectivity index (χ4n) is 3.57. The van der Waals surface area contributed by atoms with Crippen LogP contribution >= 0.6 is 0 Å². The number of amides is 1. The van der Waals surface area contributed by atoms with Gasteiger partial charge in [0.2, 0.25) is 0 Å². The lowest BCUT2D eigenvalue weighted by atomic mass is 9.99. The molecule has 0 bridgehead atoms. The molecular weight excluding hydrogens is 432 g/mol. The zero-order valence-electron chi connectivity index (χ0n) is 18.4. The smallest absolute Gasteiger partial charge is 0.255 e. The van der Waals surface area contributed by atoms with E-state index in [-0.39, 0.29) is 16.6 Å². The summed E-state index contributed by atoms with van der Waals surface area (Å²) in [4.78, 5) is 13.2. The molecule has 6 heteroatoms. The Labute approximate surface area is 195 Å². The number of nitrogens with one attached hydrogen (secondary N) is 2. The van der Waals surface area contributed by atoms with Gasteiger partial charge in [0, 0.05) is 17.3 Å². The molecule has 1 amide bonds. The second-order valence-electron chi connectivity index (χ2n) is 8.25. The van der Waals surface area contributed by atoms with E-state index in [4.69, 9.17) is 0 Å². The average Bonchev–Trinajstić information content (AvgIpc) is 3.66. The lowest BCUT2D eigenvalue weighted by molar-refractivity contribution is 0.102. The van der Waals surface area contributed by atoms with E-state index in [1.165, 1.54) is 11.6 Å². The molecule has 0 radical (unpaired) electrons.